The predicted octanol–water partition coefficient (Wildman–Crippen LogP) is -0.242. The maximum Gasteiger partial charge on any atom is 0.0462 e. The Kier molecular flexibility index (Phi) is 28.5. The van der Waals surface area contributed by atoms with Crippen LogP contribution in [0.15, 0.2) is 0 Å². The second-order valence-electron chi connectivity index (χ2n) is 4.26. The van der Waals surface area contributed by atoms with E-state index in [2.05, 4.69) is 41.0 Å². The van der Waals surface area contributed by atoms with Crippen LogP contribution >= 0.6 is 0 Å². The Morgan fingerprint density at radius 3 is 1.70 bits per heavy atom. The van der Waals surface area contributed by atoms with Crippen LogP contribution in [0.25, 0.3) is 0 Å². The van der Waals surface area contributed by atoms with E-state index in [1.54, 1.807) is 0 Å². The van der Waals surface area contributed by atoms with E-state index in [9.17, 15) is 0 Å². The second-order valence-corrected chi connectivity index (χ2v) is 4.26. The fourth-order valence-corrected chi connectivity index (χ4v) is 1.75. The third-order valence-corrected chi connectivity index (χ3v) is 2.75. The van der Waals surface area contributed by atoms with Crippen molar-refractivity contribution >= 4 is 0 Å². The Morgan fingerprint density at radius 1 is 0.700 bits per heavy atom. The normalized spacial score (nSPS) is 18.6. The smallest absolute Gasteiger partial charge is 0.0462 e. The molecule has 7 heteroatoms. The zero-order valence-corrected chi connectivity index (χ0v) is 13.4. The zero-order chi connectivity index (χ0) is 14.8. The second kappa shape index (κ2) is 23.4. The Bertz CT molecular complexity index is 190. The summed E-state index contributed by atoms with van der Waals surface area (Å²) in [6, 6.07) is 0. The quantitative estimate of drug-likeness (QED) is 0.532. The van der Waals surface area contributed by atoms with Crippen molar-refractivity contribution in [2.24, 2.45) is 0 Å². The van der Waals surface area contributed by atoms with E-state index in [0.29, 0.717) is 0 Å². The van der Waals surface area contributed by atoms with Gasteiger partial charge in [-0.05, 0) is 46.1 Å². The van der Waals surface area contributed by atoms with Crippen molar-refractivity contribution < 1.29 is 16.5 Å². The molecule has 120 valence electrons. The molecule has 1 fully saturated rings. The van der Waals surface area contributed by atoms with Gasteiger partial charge in [0.2, 0.25) is 0 Å². The van der Waals surface area contributed by atoms with Gasteiger partial charge in [0, 0.05) is 55.8 Å². The predicted molar refractivity (Wildman–Crippen MR) is 78.7 cm³/mol. The minimum atomic E-state index is 0. The van der Waals surface area contributed by atoms with Crippen molar-refractivity contribution in [3.63, 3.8) is 0 Å². The molecule has 0 amide bonds. The Hall–Kier alpha value is -0.686. The molecule has 3 N–H and O–H groups in total. The van der Waals surface area contributed by atoms with Crippen LogP contribution in [0.4, 0.5) is 0 Å². The number of nitriles is 2. The summed E-state index contributed by atoms with van der Waals surface area (Å²) in [7, 11) is 2.20. The number of hydrogen-bond donors (Lipinski definition) is 3. The Labute approximate surface area is 133 Å². The third-order valence-electron chi connectivity index (χ3n) is 2.75. The monoisotopic (exact) mass is 326 g/mol. The molecular weight excluding hydrogens is 299 g/mol. The van der Waals surface area contributed by atoms with Gasteiger partial charge in [-0.2, -0.15) is 0 Å². The van der Waals surface area contributed by atoms with Gasteiger partial charge in [0.25, 0.3) is 0 Å². The van der Waals surface area contributed by atoms with E-state index in [1.807, 2.05) is 0 Å². The summed E-state index contributed by atoms with van der Waals surface area (Å²) in [6.45, 7) is 16.1. The summed E-state index contributed by atoms with van der Waals surface area (Å²) in [5.74, 6) is 0. The molecule has 20 heavy (non-hydrogen) atoms. The fourth-order valence-electron chi connectivity index (χ4n) is 1.75. The average molecular weight is 327 g/mol. The number of nitrogens with one attached hydrogen (secondary N) is 3. The molecule has 1 aliphatic rings. The molecule has 0 saturated carbocycles. The molecule has 0 spiro atoms. The third kappa shape index (κ3) is 19.6. The molecule has 6 nitrogen and oxygen atoms in total. The largest absolute Gasteiger partial charge is 0.315 e. The van der Waals surface area contributed by atoms with Crippen LogP contribution in [0, 0.1) is 23.7 Å². The molecule has 0 radical (unpaired) electrons. The number of hydrogen-bond acceptors (Lipinski definition) is 6. The van der Waals surface area contributed by atoms with E-state index < -0.39 is 0 Å². The Balaban J connectivity index is -0.000000529. The minimum Gasteiger partial charge on any atom is -0.315 e. The Morgan fingerprint density at radius 2 is 1.15 bits per heavy atom. The van der Waals surface area contributed by atoms with Crippen LogP contribution in [0.2, 0.25) is 0 Å². The van der Waals surface area contributed by atoms with E-state index >= 15 is 0 Å². The van der Waals surface area contributed by atoms with Crippen molar-refractivity contribution in [2.75, 3.05) is 59.4 Å². The molecule has 0 bridgehead atoms. The molecule has 0 aromatic carbocycles. The molecule has 0 aromatic rings. The molecule has 0 aliphatic carbocycles. The molecule has 1 rings (SSSR count). The van der Waals surface area contributed by atoms with Crippen LogP contribution in [-0.4, -0.2) is 64.3 Å². The van der Waals surface area contributed by atoms with E-state index in [-0.39, 0.29) is 16.5 Å². The summed E-state index contributed by atoms with van der Waals surface area (Å²) >= 11 is 0. The van der Waals surface area contributed by atoms with Crippen LogP contribution in [0.1, 0.15) is 12.8 Å². The molecule has 0 unspecified atom stereocenters. The standard InChI is InChI=1S/C11H26N4.2CHN.Ni/c1-15-10-3-6-13-8-7-12-4-2-5-14-9-11-15;2*1-2;/h12-14H,2-11H2,1H3;2*1H;. The van der Waals surface area contributed by atoms with Gasteiger partial charge in [-0.1, -0.05) is 0 Å². The van der Waals surface area contributed by atoms with Crippen LogP contribution in [0.3, 0.4) is 0 Å². The van der Waals surface area contributed by atoms with Crippen molar-refractivity contribution in [2.45, 2.75) is 12.8 Å². The molecular formula is C13H28N6Ni. The molecule has 1 heterocycles. The molecule has 0 atom stereocenters. The molecule has 1 aliphatic heterocycles. The first-order valence-corrected chi connectivity index (χ1v) is 6.72. The molecule has 0 aromatic heterocycles. The van der Waals surface area contributed by atoms with E-state index in [4.69, 9.17) is 10.5 Å². The van der Waals surface area contributed by atoms with Crippen molar-refractivity contribution in [1.82, 2.24) is 20.9 Å². The summed E-state index contributed by atoms with van der Waals surface area (Å²) in [4.78, 5) is 2.40. The van der Waals surface area contributed by atoms with Gasteiger partial charge in [0.1, 0.15) is 0 Å². The summed E-state index contributed by atoms with van der Waals surface area (Å²) in [6.07, 6.45) is 2.47. The minimum absolute atomic E-state index is 0. The topological polar surface area (TPSA) is 86.9 Å². The maximum atomic E-state index is 6.50. The summed E-state index contributed by atoms with van der Waals surface area (Å²) in [5.41, 5.74) is 0. The first-order chi connectivity index (χ1) is 9.39. The van der Waals surface area contributed by atoms with Crippen molar-refractivity contribution in [1.29, 1.82) is 10.5 Å². The van der Waals surface area contributed by atoms with E-state index in [1.165, 1.54) is 19.4 Å². The number of rotatable bonds is 0. The van der Waals surface area contributed by atoms with Gasteiger partial charge < -0.3 is 20.9 Å². The first kappa shape index (κ1) is 24.3. The van der Waals surface area contributed by atoms with Crippen LogP contribution < -0.4 is 16.0 Å². The van der Waals surface area contributed by atoms with Crippen LogP contribution in [0.5, 0.6) is 0 Å². The average Bonchev–Trinajstić information content (AvgIpc) is 2.48. The van der Waals surface area contributed by atoms with Gasteiger partial charge in [-0.25, -0.2) is 10.5 Å². The van der Waals surface area contributed by atoms with Crippen molar-refractivity contribution in [3.8, 4) is 13.1 Å². The fraction of sp³-hybridized carbons (Fsp3) is 0.846. The number of nitrogens with zero attached hydrogens (tertiary/aromatic N) is 3. The van der Waals surface area contributed by atoms with Gasteiger partial charge in [0.15, 0.2) is 0 Å². The van der Waals surface area contributed by atoms with Gasteiger partial charge in [-0.15, -0.1) is 0 Å². The number of likely N-dealkylation sites (N-methyl/N-ethyl adjacent to an activating group) is 1. The zero-order valence-electron chi connectivity index (χ0n) is 12.4. The maximum absolute atomic E-state index is 6.50. The molecule has 1 saturated heterocycles. The van der Waals surface area contributed by atoms with Crippen molar-refractivity contribution in [3.05, 3.63) is 0 Å². The van der Waals surface area contributed by atoms with Gasteiger partial charge in [0.05, 0.1) is 0 Å². The van der Waals surface area contributed by atoms with Gasteiger partial charge in [-0.3, -0.25) is 0 Å². The van der Waals surface area contributed by atoms with Gasteiger partial charge >= 0.3 is 0 Å². The van der Waals surface area contributed by atoms with E-state index in [0.717, 1.165) is 45.8 Å². The summed E-state index contributed by atoms with van der Waals surface area (Å²) < 4.78 is 0. The van der Waals surface area contributed by atoms with Crippen LogP contribution in [-0.2, 0) is 16.5 Å². The first-order valence-electron chi connectivity index (χ1n) is 6.72. The summed E-state index contributed by atoms with van der Waals surface area (Å²) in [5, 5.41) is 23.4. The SMILES string of the molecule is C#N.C#N.CN1CCCNCCNCCCNCC1.[Ni].